The van der Waals surface area contributed by atoms with Crippen molar-refractivity contribution in [1.29, 1.82) is 0 Å². The van der Waals surface area contributed by atoms with Gasteiger partial charge in [0.1, 0.15) is 18.1 Å². The Morgan fingerprint density at radius 1 is 1.02 bits per heavy atom. The molecule has 1 saturated heterocycles. The standard InChI is InChI=1S/C30H36N2O8S/c1-30(2,3)24-10-5-6-11-27(24)41(35,36)31-25-18-21(29(34)32-12-15-38-16-13-32)19-26(39-17-14-33)28(25)40-23-9-7-8-22(20-23)37-4/h5-11,18-20,31,33H,12-17H2,1-4H3. The third kappa shape index (κ3) is 7.29. The van der Waals surface area contributed by atoms with Gasteiger partial charge < -0.3 is 29.0 Å². The van der Waals surface area contributed by atoms with Crippen LogP contribution in [-0.4, -0.2) is 71.0 Å². The molecule has 1 aliphatic rings. The number of aliphatic hydroxyl groups is 1. The largest absolute Gasteiger partial charge is 0.497 e. The highest BCUT2D eigenvalue weighted by Gasteiger charge is 2.29. The molecule has 0 saturated carbocycles. The van der Waals surface area contributed by atoms with E-state index in [4.69, 9.17) is 18.9 Å². The first-order valence-electron chi connectivity index (χ1n) is 13.3. The molecule has 0 atom stereocenters. The van der Waals surface area contributed by atoms with Crippen molar-refractivity contribution < 1.29 is 37.3 Å². The van der Waals surface area contributed by atoms with Gasteiger partial charge in [-0.3, -0.25) is 9.52 Å². The normalized spacial score (nSPS) is 13.9. The molecule has 0 aliphatic carbocycles. The van der Waals surface area contributed by atoms with Gasteiger partial charge in [-0.05, 0) is 41.3 Å². The maximum Gasteiger partial charge on any atom is 0.262 e. The zero-order chi connectivity index (χ0) is 29.6. The third-order valence-corrected chi connectivity index (χ3v) is 7.86. The van der Waals surface area contributed by atoms with Crippen molar-refractivity contribution in [2.75, 3.05) is 51.3 Å². The third-order valence-electron chi connectivity index (χ3n) is 6.44. The highest BCUT2D eigenvalue weighted by molar-refractivity contribution is 7.92. The molecule has 3 aromatic carbocycles. The van der Waals surface area contributed by atoms with Crippen LogP contribution in [0.25, 0.3) is 0 Å². The molecule has 0 radical (unpaired) electrons. The van der Waals surface area contributed by atoms with E-state index in [2.05, 4.69) is 4.72 Å². The molecule has 0 bridgehead atoms. The number of carbonyl (C=O) groups is 1. The van der Waals surface area contributed by atoms with Gasteiger partial charge in [-0.1, -0.05) is 45.0 Å². The molecular formula is C30H36N2O8S. The Morgan fingerprint density at radius 3 is 2.41 bits per heavy atom. The lowest BCUT2D eigenvalue weighted by Crippen LogP contribution is -2.40. The van der Waals surface area contributed by atoms with Crippen molar-refractivity contribution in [2.45, 2.75) is 31.1 Å². The van der Waals surface area contributed by atoms with Gasteiger partial charge >= 0.3 is 0 Å². The number of benzene rings is 3. The number of nitrogens with zero attached hydrogens (tertiary/aromatic N) is 1. The SMILES string of the molecule is COc1cccc(Oc2c(NS(=O)(=O)c3ccccc3C(C)(C)C)cc(C(=O)N3CCOCC3)cc2OCCO)c1. The number of carbonyl (C=O) groups excluding carboxylic acids is 1. The van der Waals surface area contributed by atoms with E-state index in [-0.39, 0.29) is 46.8 Å². The van der Waals surface area contributed by atoms with Gasteiger partial charge in [0, 0.05) is 24.7 Å². The lowest BCUT2D eigenvalue weighted by atomic mass is 9.87. The predicted octanol–water partition coefficient (Wildman–Crippen LogP) is 4.43. The summed E-state index contributed by atoms with van der Waals surface area (Å²) in [7, 11) is -2.64. The molecule has 220 valence electrons. The maximum atomic E-state index is 13.9. The number of nitrogens with one attached hydrogen (secondary N) is 1. The van der Waals surface area contributed by atoms with E-state index in [1.165, 1.54) is 25.3 Å². The highest BCUT2D eigenvalue weighted by Crippen LogP contribution is 2.42. The Morgan fingerprint density at radius 2 is 1.73 bits per heavy atom. The Bertz CT molecular complexity index is 1480. The van der Waals surface area contributed by atoms with E-state index in [1.54, 1.807) is 47.4 Å². The fraction of sp³-hybridized carbons (Fsp3) is 0.367. The van der Waals surface area contributed by atoms with Crippen molar-refractivity contribution in [3.63, 3.8) is 0 Å². The maximum absolute atomic E-state index is 13.9. The lowest BCUT2D eigenvalue weighted by Gasteiger charge is -2.28. The van der Waals surface area contributed by atoms with Gasteiger partial charge in [-0.15, -0.1) is 0 Å². The number of amides is 1. The van der Waals surface area contributed by atoms with Crippen molar-refractivity contribution in [1.82, 2.24) is 4.90 Å². The summed E-state index contributed by atoms with van der Waals surface area (Å²) in [6, 6.07) is 16.5. The van der Waals surface area contributed by atoms with Gasteiger partial charge in [0.2, 0.25) is 0 Å². The van der Waals surface area contributed by atoms with Crippen LogP contribution in [0, 0.1) is 0 Å². The van der Waals surface area contributed by atoms with Gasteiger partial charge in [-0.2, -0.15) is 0 Å². The number of ether oxygens (including phenoxy) is 4. The second kappa shape index (κ2) is 12.8. The average Bonchev–Trinajstić information content (AvgIpc) is 2.96. The molecule has 10 nitrogen and oxygen atoms in total. The summed E-state index contributed by atoms with van der Waals surface area (Å²) in [6.45, 7) is 6.98. The highest BCUT2D eigenvalue weighted by atomic mass is 32.2. The smallest absolute Gasteiger partial charge is 0.262 e. The quantitative estimate of drug-likeness (QED) is 0.359. The minimum Gasteiger partial charge on any atom is -0.497 e. The van der Waals surface area contributed by atoms with Gasteiger partial charge in [0.15, 0.2) is 11.5 Å². The molecule has 0 aromatic heterocycles. The van der Waals surface area contributed by atoms with Crippen LogP contribution in [0.2, 0.25) is 0 Å². The summed E-state index contributed by atoms with van der Waals surface area (Å²) in [6.07, 6.45) is 0. The molecule has 2 N–H and O–H groups in total. The molecule has 0 spiro atoms. The zero-order valence-electron chi connectivity index (χ0n) is 23.7. The molecule has 3 aromatic rings. The Balaban J connectivity index is 1.86. The van der Waals surface area contributed by atoms with Crippen LogP contribution in [0.15, 0.2) is 65.6 Å². The number of sulfonamides is 1. The summed E-state index contributed by atoms with van der Waals surface area (Å²) in [5.41, 5.74) is 0.359. The fourth-order valence-electron chi connectivity index (χ4n) is 4.42. The van der Waals surface area contributed by atoms with Crippen LogP contribution in [0.4, 0.5) is 5.69 Å². The van der Waals surface area contributed by atoms with E-state index in [1.807, 2.05) is 20.8 Å². The number of methoxy groups -OCH3 is 1. The van der Waals surface area contributed by atoms with Crippen LogP contribution in [0.3, 0.4) is 0 Å². The topological polar surface area (TPSA) is 124 Å². The Hall–Kier alpha value is -3.80. The van der Waals surface area contributed by atoms with E-state index >= 15 is 0 Å². The fourth-order valence-corrected chi connectivity index (χ4v) is 5.89. The number of hydrogen-bond acceptors (Lipinski definition) is 8. The van der Waals surface area contributed by atoms with E-state index < -0.39 is 15.4 Å². The molecule has 0 unspecified atom stereocenters. The van der Waals surface area contributed by atoms with E-state index in [0.29, 0.717) is 43.4 Å². The lowest BCUT2D eigenvalue weighted by molar-refractivity contribution is 0.0302. The average molecular weight is 585 g/mol. The summed E-state index contributed by atoms with van der Waals surface area (Å²) >= 11 is 0. The van der Waals surface area contributed by atoms with Crippen LogP contribution in [0.5, 0.6) is 23.0 Å². The Kier molecular flexibility index (Phi) is 9.42. The molecule has 4 rings (SSSR count). The number of anilines is 1. The number of morpholine rings is 1. The molecule has 1 aliphatic heterocycles. The first kappa shape index (κ1) is 30.2. The minimum absolute atomic E-state index is 0.00332. The van der Waals surface area contributed by atoms with Gasteiger partial charge in [-0.25, -0.2) is 8.42 Å². The zero-order valence-corrected chi connectivity index (χ0v) is 24.5. The summed E-state index contributed by atoms with van der Waals surface area (Å²) < 4.78 is 53.1. The molecule has 11 heteroatoms. The van der Waals surface area contributed by atoms with Crippen molar-refractivity contribution >= 4 is 21.6 Å². The van der Waals surface area contributed by atoms with Gasteiger partial charge in [0.05, 0.1) is 37.5 Å². The van der Waals surface area contributed by atoms with Crippen LogP contribution < -0.4 is 18.9 Å². The van der Waals surface area contributed by atoms with Gasteiger partial charge in [0.25, 0.3) is 15.9 Å². The molecule has 1 fully saturated rings. The number of aliphatic hydroxyl groups excluding tert-OH is 1. The van der Waals surface area contributed by atoms with Crippen LogP contribution in [0.1, 0.15) is 36.7 Å². The second-order valence-corrected chi connectivity index (χ2v) is 12.1. The van der Waals surface area contributed by atoms with Crippen molar-refractivity contribution in [3.8, 4) is 23.0 Å². The van der Waals surface area contributed by atoms with Crippen LogP contribution >= 0.6 is 0 Å². The predicted molar refractivity (Wildman–Crippen MR) is 155 cm³/mol. The number of rotatable bonds is 10. The minimum atomic E-state index is -4.16. The first-order valence-corrected chi connectivity index (χ1v) is 14.7. The monoisotopic (exact) mass is 584 g/mol. The first-order chi connectivity index (χ1) is 19.5. The van der Waals surface area contributed by atoms with E-state index in [0.717, 1.165) is 0 Å². The summed E-state index contributed by atoms with van der Waals surface area (Å²) in [5, 5.41) is 9.49. The number of hydrogen-bond donors (Lipinski definition) is 2. The van der Waals surface area contributed by atoms with Crippen molar-refractivity contribution in [3.05, 3.63) is 71.8 Å². The van der Waals surface area contributed by atoms with Crippen LogP contribution in [-0.2, 0) is 20.2 Å². The molecule has 41 heavy (non-hydrogen) atoms. The molecular weight excluding hydrogens is 548 g/mol. The van der Waals surface area contributed by atoms with Crippen molar-refractivity contribution in [2.24, 2.45) is 0 Å². The summed E-state index contributed by atoms with van der Waals surface area (Å²) in [5.74, 6) is 0.678. The second-order valence-electron chi connectivity index (χ2n) is 10.5. The van der Waals surface area contributed by atoms with E-state index in [9.17, 15) is 18.3 Å². The molecule has 1 amide bonds. The molecule has 1 heterocycles. The Labute approximate surface area is 240 Å². The summed E-state index contributed by atoms with van der Waals surface area (Å²) in [4.78, 5) is 15.2.